The first kappa shape index (κ1) is 58.0. The quantitative estimate of drug-likeness (QED) is 0.0421. The van der Waals surface area contributed by atoms with Crippen molar-refractivity contribution in [3.05, 3.63) is 35.0 Å². The van der Waals surface area contributed by atoms with Gasteiger partial charge in [0, 0.05) is 10.8 Å². The van der Waals surface area contributed by atoms with Gasteiger partial charge in [0.1, 0.15) is 11.5 Å². The van der Waals surface area contributed by atoms with E-state index < -0.39 is 36.8 Å². The van der Waals surface area contributed by atoms with E-state index in [1.54, 1.807) is 28.5 Å². The third-order valence-corrected chi connectivity index (χ3v) is 37.1. The molecule has 6 rings (SSSR count). The van der Waals surface area contributed by atoms with Gasteiger partial charge in [0.2, 0.25) is 0 Å². The molecule has 0 amide bonds. The van der Waals surface area contributed by atoms with Crippen LogP contribution in [0.3, 0.4) is 0 Å². The zero-order valence-corrected chi connectivity index (χ0v) is 54.2. The smallest absolute Gasteiger partial charge is 0.146 e. The number of thiophene rings is 4. The zero-order valence-electron chi connectivity index (χ0n) is 45.2. The fourth-order valence-corrected chi connectivity index (χ4v) is 23.5. The molecule has 2 aromatic carbocycles. The molecule has 4 atom stereocenters. The molecule has 0 saturated carbocycles. The Morgan fingerprint density at radius 3 is 0.926 bits per heavy atom. The molecular formula is C58H92O4S4Sn2. The van der Waals surface area contributed by atoms with Crippen LogP contribution in [-0.4, -0.2) is 63.2 Å². The van der Waals surface area contributed by atoms with E-state index >= 15 is 0 Å². The maximum absolute atomic E-state index is 6.90. The van der Waals surface area contributed by atoms with Crippen molar-refractivity contribution in [1.29, 1.82) is 0 Å². The average molecular weight is 1220 g/mol. The molecule has 380 valence electrons. The molecule has 10 heteroatoms. The molecule has 0 bridgehead atoms. The van der Waals surface area contributed by atoms with Crippen molar-refractivity contribution in [2.45, 2.75) is 188 Å². The minimum atomic E-state index is -2.28. The van der Waals surface area contributed by atoms with E-state index in [0.717, 1.165) is 49.4 Å². The number of unbranched alkanes of at least 4 members (excludes halogenated alkanes) is 4. The van der Waals surface area contributed by atoms with Crippen molar-refractivity contribution in [2.75, 3.05) is 26.4 Å². The molecule has 0 aliphatic heterocycles. The van der Waals surface area contributed by atoms with Crippen LogP contribution >= 0.6 is 45.3 Å². The summed E-state index contributed by atoms with van der Waals surface area (Å²) in [4.78, 5) is 15.2. The standard InChI is InChI=1S/C26H38O2S2.C26H36O2S2.6CH3.2Sn/c2*1-5-9-11-19(7-3)17-27-23-21-13-15-30-26(21)24(22-14-16-29-25(22)23)28-18-20(8-4)12-10-6-2;;;;;;;;/h13-16,19-20H,5-12,17-18H2,1-4H3;13-14,19-20H,5-12,17-18H2,1-4H3;6*1H3;;. The Balaban J connectivity index is 0.000000261. The molecule has 0 saturated heterocycles. The Morgan fingerprint density at radius 1 is 0.397 bits per heavy atom. The van der Waals surface area contributed by atoms with E-state index in [-0.39, 0.29) is 0 Å². The first-order valence-electron chi connectivity index (χ1n) is 27.1. The Bertz CT molecular complexity index is 2130. The van der Waals surface area contributed by atoms with Gasteiger partial charge in [-0.1, -0.05) is 66.2 Å². The van der Waals surface area contributed by atoms with Gasteiger partial charge in [0.15, 0.2) is 0 Å². The van der Waals surface area contributed by atoms with Gasteiger partial charge in [-0.25, -0.2) is 0 Å². The van der Waals surface area contributed by atoms with Gasteiger partial charge in [-0.05, 0) is 47.6 Å². The molecule has 0 fully saturated rings. The summed E-state index contributed by atoms with van der Waals surface area (Å²) >= 11 is 3.03. The number of benzene rings is 2. The van der Waals surface area contributed by atoms with Crippen molar-refractivity contribution in [1.82, 2.24) is 0 Å². The maximum atomic E-state index is 6.90. The molecule has 0 aliphatic carbocycles. The average Bonchev–Trinajstić information content (AvgIpc) is 4.17. The molecule has 4 aromatic heterocycles. The van der Waals surface area contributed by atoms with Crippen molar-refractivity contribution >= 4 is 128 Å². The molecule has 0 N–H and O–H groups in total. The first-order chi connectivity index (χ1) is 32.7. The van der Waals surface area contributed by atoms with Crippen LogP contribution < -0.4 is 24.7 Å². The number of rotatable bonds is 30. The predicted molar refractivity (Wildman–Crippen MR) is 316 cm³/mol. The molecule has 6 aromatic rings. The summed E-state index contributed by atoms with van der Waals surface area (Å²) in [5, 5.41) is 9.44. The maximum Gasteiger partial charge on any atom is 0.146 e. The SMILES string of the molecule is CCCCC(CC)COc1c2c[c]([Sn]([CH3])([CH3])[CH3])sc2c(OCC(CC)CCCC)c2c[c]([Sn]([CH3])([CH3])[CH3])sc12.CCCCC(CC)COc1c2ccsc2c(OCC(CC)CCCC)c2ccsc12. The Labute approximate surface area is 438 Å². The fraction of sp³-hybridized carbons (Fsp3) is 0.655. The summed E-state index contributed by atoms with van der Waals surface area (Å²) in [6.07, 6.45) is 19.9. The Hall–Kier alpha value is -0.923. The predicted octanol–water partition coefficient (Wildman–Crippen LogP) is 19.7. The summed E-state index contributed by atoms with van der Waals surface area (Å²) < 4.78 is 35.2. The minimum absolute atomic E-state index is 0.626. The third kappa shape index (κ3) is 15.6. The summed E-state index contributed by atoms with van der Waals surface area (Å²) in [5.41, 5.74) is 0. The fourth-order valence-electron chi connectivity index (χ4n) is 8.98. The van der Waals surface area contributed by atoms with Gasteiger partial charge >= 0.3 is 252 Å². The van der Waals surface area contributed by atoms with E-state index in [9.17, 15) is 0 Å². The monoisotopic (exact) mass is 1220 g/mol. The van der Waals surface area contributed by atoms with Crippen LogP contribution in [0.4, 0.5) is 0 Å². The summed E-state index contributed by atoms with van der Waals surface area (Å²) in [5.74, 6) is 6.96. The van der Waals surface area contributed by atoms with Crippen molar-refractivity contribution in [3.8, 4) is 23.0 Å². The third-order valence-electron chi connectivity index (χ3n) is 14.1. The van der Waals surface area contributed by atoms with Gasteiger partial charge in [-0.2, -0.15) is 0 Å². The Kier molecular flexibility index (Phi) is 24.3. The number of ether oxygens (including phenoxy) is 4. The van der Waals surface area contributed by atoms with Crippen LogP contribution in [0.2, 0.25) is 29.6 Å². The molecule has 0 spiro atoms. The molecule has 0 radical (unpaired) electrons. The topological polar surface area (TPSA) is 36.9 Å². The number of fused-ring (bicyclic) bond motifs is 4. The van der Waals surface area contributed by atoms with Gasteiger partial charge in [-0.15, -0.1) is 22.7 Å². The van der Waals surface area contributed by atoms with Crippen LogP contribution in [0.25, 0.3) is 40.3 Å². The first-order valence-corrected chi connectivity index (χ1v) is 50.5. The second-order valence-corrected chi connectivity index (χ2v) is 56.5. The molecule has 4 unspecified atom stereocenters. The second kappa shape index (κ2) is 28.5. The molecule has 4 heterocycles. The van der Waals surface area contributed by atoms with Crippen molar-refractivity contribution in [3.63, 3.8) is 0 Å². The molecule has 0 aliphatic rings. The van der Waals surface area contributed by atoms with Crippen LogP contribution in [0.1, 0.15) is 158 Å². The van der Waals surface area contributed by atoms with Crippen molar-refractivity contribution < 1.29 is 18.9 Å². The molecule has 4 nitrogen and oxygen atoms in total. The number of hydrogen-bond acceptors (Lipinski definition) is 8. The molecule has 68 heavy (non-hydrogen) atoms. The summed E-state index contributed by atoms with van der Waals surface area (Å²) in [6, 6.07) is 9.45. The normalized spacial score (nSPS) is 14.1. The second-order valence-electron chi connectivity index (χ2n) is 21.8. The van der Waals surface area contributed by atoms with E-state index in [1.807, 2.05) is 22.7 Å². The Morgan fingerprint density at radius 2 is 0.676 bits per heavy atom. The van der Waals surface area contributed by atoms with Crippen molar-refractivity contribution in [2.24, 2.45) is 23.7 Å². The van der Waals surface area contributed by atoms with Crippen LogP contribution in [0, 0.1) is 23.7 Å². The van der Waals surface area contributed by atoms with Gasteiger partial charge in [0.05, 0.1) is 22.6 Å². The van der Waals surface area contributed by atoms with Crippen LogP contribution in [-0.2, 0) is 0 Å². The van der Waals surface area contributed by atoms with E-state index in [4.69, 9.17) is 18.9 Å². The minimum Gasteiger partial charge on any atom is -0.491 e. The van der Waals surface area contributed by atoms with E-state index in [0.29, 0.717) is 23.7 Å². The van der Waals surface area contributed by atoms with Gasteiger partial charge in [0.25, 0.3) is 0 Å². The molecular weight excluding hydrogens is 1130 g/mol. The van der Waals surface area contributed by atoms with Crippen LogP contribution in [0.5, 0.6) is 23.0 Å². The summed E-state index contributed by atoms with van der Waals surface area (Å²) in [7, 11) is 0. The summed E-state index contributed by atoms with van der Waals surface area (Å²) in [6.45, 7) is 21.6. The van der Waals surface area contributed by atoms with Crippen LogP contribution in [0.15, 0.2) is 35.0 Å². The largest absolute Gasteiger partial charge is 0.491 e. The zero-order chi connectivity index (χ0) is 49.4. The van der Waals surface area contributed by atoms with Gasteiger partial charge in [-0.3, -0.25) is 0 Å². The number of hydrogen-bond donors (Lipinski definition) is 0. The van der Waals surface area contributed by atoms with Gasteiger partial charge < -0.3 is 9.47 Å². The van der Waals surface area contributed by atoms with E-state index in [2.05, 4.69) is 120 Å². The van der Waals surface area contributed by atoms with E-state index in [1.165, 1.54) is 143 Å².